The van der Waals surface area contributed by atoms with Crippen LogP contribution in [0.4, 0.5) is 5.82 Å². The number of aromatic nitrogens is 1. The van der Waals surface area contributed by atoms with Crippen LogP contribution < -0.4 is 10.6 Å². The molecule has 140 valence electrons. The second-order valence-corrected chi connectivity index (χ2v) is 7.00. The molecule has 5 nitrogen and oxygen atoms in total. The predicted molar refractivity (Wildman–Crippen MR) is 111 cm³/mol. The van der Waals surface area contributed by atoms with Crippen LogP contribution in [0.25, 0.3) is 22.4 Å². The minimum atomic E-state index is 0.0338. The molecule has 0 aliphatic rings. The highest BCUT2D eigenvalue weighted by molar-refractivity contribution is 7.08. The Morgan fingerprint density at radius 1 is 1.11 bits per heavy atom. The molecule has 1 amide bonds. The SMILES string of the molecule is CCCNC(=O)CCNc1cc(-c2ccsc2)cc(-c2cccc(O)c2)n1. The van der Waals surface area contributed by atoms with Gasteiger partial charge in [0.05, 0.1) is 5.69 Å². The van der Waals surface area contributed by atoms with Crippen LogP contribution in [0.2, 0.25) is 0 Å². The summed E-state index contributed by atoms with van der Waals surface area (Å²) in [5, 5.41) is 20.0. The molecule has 3 rings (SSSR count). The molecule has 6 heteroatoms. The summed E-state index contributed by atoms with van der Waals surface area (Å²) in [7, 11) is 0. The lowest BCUT2D eigenvalue weighted by Crippen LogP contribution is -2.26. The van der Waals surface area contributed by atoms with Gasteiger partial charge < -0.3 is 15.7 Å². The van der Waals surface area contributed by atoms with Crippen molar-refractivity contribution in [2.24, 2.45) is 0 Å². The molecule has 0 atom stereocenters. The van der Waals surface area contributed by atoms with E-state index < -0.39 is 0 Å². The molecule has 0 radical (unpaired) electrons. The highest BCUT2D eigenvalue weighted by atomic mass is 32.1. The summed E-state index contributed by atoms with van der Waals surface area (Å²) in [5.41, 5.74) is 3.78. The first kappa shape index (κ1) is 18.9. The van der Waals surface area contributed by atoms with Gasteiger partial charge in [-0.2, -0.15) is 11.3 Å². The number of anilines is 1. The zero-order chi connectivity index (χ0) is 19.1. The molecule has 2 aromatic heterocycles. The maximum Gasteiger partial charge on any atom is 0.221 e. The largest absolute Gasteiger partial charge is 0.508 e. The van der Waals surface area contributed by atoms with Crippen LogP contribution >= 0.6 is 11.3 Å². The Hall–Kier alpha value is -2.86. The van der Waals surface area contributed by atoms with E-state index >= 15 is 0 Å². The van der Waals surface area contributed by atoms with Crippen LogP contribution in [-0.4, -0.2) is 29.1 Å². The molecule has 0 aliphatic heterocycles. The minimum absolute atomic E-state index is 0.0338. The molecule has 3 N–H and O–H groups in total. The third kappa shape index (κ3) is 5.31. The molecule has 1 aromatic carbocycles. The van der Waals surface area contributed by atoms with Crippen LogP contribution in [0, 0.1) is 0 Å². The van der Waals surface area contributed by atoms with Crippen LogP contribution in [0.5, 0.6) is 5.75 Å². The second-order valence-electron chi connectivity index (χ2n) is 6.22. The number of hydrogen-bond donors (Lipinski definition) is 3. The Labute approximate surface area is 163 Å². The lowest BCUT2D eigenvalue weighted by Gasteiger charge is -2.11. The molecule has 2 heterocycles. The Balaban J connectivity index is 1.81. The number of phenolic OH excluding ortho intramolecular Hbond substituents is 1. The Kier molecular flexibility index (Phi) is 6.44. The average Bonchev–Trinajstić information content (AvgIpc) is 3.21. The lowest BCUT2D eigenvalue weighted by molar-refractivity contribution is -0.120. The fourth-order valence-electron chi connectivity index (χ4n) is 2.69. The molecule has 0 unspecified atom stereocenters. The third-order valence-corrected chi connectivity index (χ3v) is 4.74. The number of amides is 1. The summed E-state index contributed by atoms with van der Waals surface area (Å²) in [6.45, 7) is 3.24. The van der Waals surface area contributed by atoms with E-state index in [0.29, 0.717) is 25.3 Å². The highest BCUT2D eigenvalue weighted by Crippen LogP contribution is 2.30. The maximum absolute atomic E-state index is 11.8. The van der Waals surface area contributed by atoms with Gasteiger partial charge in [-0.25, -0.2) is 4.98 Å². The number of phenols is 1. The van der Waals surface area contributed by atoms with Gasteiger partial charge in [0, 0.05) is 25.1 Å². The number of aromatic hydroxyl groups is 1. The Bertz CT molecular complexity index is 894. The predicted octanol–water partition coefficient (Wildman–Crippen LogP) is 4.51. The fraction of sp³-hybridized carbons (Fsp3) is 0.238. The number of pyridine rings is 1. The van der Waals surface area contributed by atoms with E-state index in [9.17, 15) is 9.90 Å². The van der Waals surface area contributed by atoms with Gasteiger partial charge in [0.1, 0.15) is 11.6 Å². The van der Waals surface area contributed by atoms with E-state index in [1.54, 1.807) is 29.5 Å². The minimum Gasteiger partial charge on any atom is -0.508 e. The second kappa shape index (κ2) is 9.19. The molecular formula is C21H23N3O2S. The van der Waals surface area contributed by atoms with E-state index in [4.69, 9.17) is 0 Å². The van der Waals surface area contributed by atoms with E-state index in [1.165, 1.54) is 0 Å². The van der Waals surface area contributed by atoms with Crippen molar-refractivity contribution < 1.29 is 9.90 Å². The number of nitrogens with zero attached hydrogens (tertiary/aromatic N) is 1. The molecular weight excluding hydrogens is 358 g/mol. The van der Waals surface area contributed by atoms with E-state index in [2.05, 4.69) is 27.1 Å². The first-order valence-electron chi connectivity index (χ1n) is 9.00. The number of nitrogens with one attached hydrogen (secondary N) is 2. The van der Waals surface area contributed by atoms with E-state index in [0.717, 1.165) is 28.8 Å². The Morgan fingerprint density at radius 2 is 2.00 bits per heavy atom. The zero-order valence-corrected chi connectivity index (χ0v) is 16.1. The van der Waals surface area contributed by atoms with Crippen molar-refractivity contribution in [1.82, 2.24) is 10.3 Å². The lowest BCUT2D eigenvalue weighted by atomic mass is 10.1. The van der Waals surface area contributed by atoms with Crippen LogP contribution in [0.15, 0.2) is 53.2 Å². The van der Waals surface area contributed by atoms with Crippen LogP contribution in [0.3, 0.4) is 0 Å². The molecule has 0 fully saturated rings. The summed E-state index contributed by atoms with van der Waals surface area (Å²) < 4.78 is 0. The van der Waals surface area contributed by atoms with Crippen molar-refractivity contribution in [2.75, 3.05) is 18.4 Å². The van der Waals surface area contributed by atoms with Crippen molar-refractivity contribution >= 4 is 23.1 Å². The summed E-state index contributed by atoms with van der Waals surface area (Å²) in [6.07, 6.45) is 1.32. The quantitative estimate of drug-likeness (QED) is 0.537. The first-order valence-corrected chi connectivity index (χ1v) is 9.94. The van der Waals surface area contributed by atoms with Gasteiger partial charge in [-0.3, -0.25) is 4.79 Å². The fourth-order valence-corrected chi connectivity index (χ4v) is 3.35. The van der Waals surface area contributed by atoms with Gasteiger partial charge >= 0.3 is 0 Å². The molecule has 0 aliphatic carbocycles. The van der Waals surface area contributed by atoms with Gasteiger partial charge in [-0.15, -0.1) is 0 Å². The first-order chi connectivity index (χ1) is 13.2. The molecule has 0 saturated carbocycles. The van der Waals surface area contributed by atoms with Crippen molar-refractivity contribution in [2.45, 2.75) is 19.8 Å². The van der Waals surface area contributed by atoms with Crippen molar-refractivity contribution in [3.05, 3.63) is 53.2 Å². The molecule has 3 aromatic rings. The summed E-state index contributed by atoms with van der Waals surface area (Å²) >= 11 is 1.64. The number of carbonyl (C=O) groups excluding carboxylic acids is 1. The molecule has 0 spiro atoms. The number of benzene rings is 1. The zero-order valence-electron chi connectivity index (χ0n) is 15.2. The van der Waals surface area contributed by atoms with E-state index in [-0.39, 0.29) is 11.7 Å². The monoisotopic (exact) mass is 381 g/mol. The smallest absolute Gasteiger partial charge is 0.221 e. The number of rotatable bonds is 8. The van der Waals surface area contributed by atoms with Crippen LogP contribution in [-0.2, 0) is 4.79 Å². The van der Waals surface area contributed by atoms with Gasteiger partial charge in [0.15, 0.2) is 0 Å². The topological polar surface area (TPSA) is 74.2 Å². The standard InChI is InChI=1S/C21H23N3O2S/c1-2-8-23-21(26)6-9-22-20-13-17(16-7-10-27-14-16)12-19(24-20)15-4-3-5-18(25)11-15/h3-5,7,10-14,25H,2,6,8-9H2,1H3,(H,22,24)(H,23,26). The summed E-state index contributed by atoms with van der Waals surface area (Å²) in [4.78, 5) is 16.4. The van der Waals surface area contributed by atoms with Gasteiger partial charge in [0.25, 0.3) is 0 Å². The number of thiophene rings is 1. The van der Waals surface area contributed by atoms with Crippen LogP contribution in [0.1, 0.15) is 19.8 Å². The van der Waals surface area contributed by atoms with Gasteiger partial charge in [0.2, 0.25) is 5.91 Å². The van der Waals surface area contributed by atoms with Gasteiger partial charge in [-0.1, -0.05) is 19.1 Å². The average molecular weight is 382 g/mol. The highest BCUT2D eigenvalue weighted by Gasteiger charge is 2.09. The maximum atomic E-state index is 11.8. The van der Waals surface area contributed by atoms with Crippen molar-refractivity contribution in [3.63, 3.8) is 0 Å². The molecule has 0 bridgehead atoms. The normalized spacial score (nSPS) is 10.6. The van der Waals surface area contributed by atoms with Crippen molar-refractivity contribution in [3.8, 4) is 28.1 Å². The van der Waals surface area contributed by atoms with Crippen molar-refractivity contribution in [1.29, 1.82) is 0 Å². The number of hydrogen-bond acceptors (Lipinski definition) is 5. The van der Waals surface area contributed by atoms with E-state index in [1.807, 2.05) is 30.5 Å². The Morgan fingerprint density at radius 3 is 2.74 bits per heavy atom. The molecule has 0 saturated heterocycles. The summed E-state index contributed by atoms with van der Waals surface area (Å²) in [6, 6.07) is 13.1. The van der Waals surface area contributed by atoms with Gasteiger partial charge in [-0.05, 0) is 58.6 Å². The summed E-state index contributed by atoms with van der Waals surface area (Å²) in [5.74, 6) is 0.948. The third-order valence-electron chi connectivity index (χ3n) is 4.05. The number of carbonyl (C=O) groups is 1. The molecule has 27 heavy (non-hydrogen) atoms.